The molecule has 2 aromatic heterocycles. The minimum atomic E-state index is 0.497. The van der Waals surface area contributed by atoms with Crippen LogP contribution in [0.25, 0.3) is 0 Å². The highest BCUT2D eigenvalue weighted by Gasteiger charge is 1.97. The van der Waals surface area contributed by atoms with Gasteiger partial charge in [-0.25, -0.2) is 0 Å². The Bertz CT molecular complexity index is 381. The van der Waals surface area contributed by atoms with E-state index >= 15 is 0 Å². The van der Waals surface area contributed by atoms with Gasteiger partial charge in [0.25, 0.3) is 5.95 Å². The first-order valence-electron chi connectivity index (χ1n) is 4.00. The second-order valence-corrected chi connectivity index (χ2v) is 3.50. The molecule has 0 amide bonds. The second kappa shape index (κ2) is 4.18. The molecule has 74 valence electrons. The zero-order valence-electron chi connectivity index (χ0n) is 7.18. The summed E-state index contributed by atoms with van der Waals surface area (Å²) in [6.07, 6.45) is 3.65. The van der Waals surface area contributed by atoms with Crippen LogP contribution in [-0.2, 0) is 6.54 Å². The van der Waals surface area contributed by atoms with E-state index in [1.807, 2.05) is 10.9 Å². The Balaban J connectivity index is 1.78. The summed E-state index contributed by atoms with van der Waals surface area (Å²) in [5, 5.41) is 20.4. The molecule has 14 heavy (non-hydrogen) atoms. The van der Waals surface area contributed by atoms with Crippen molar-refractivity contribution < 1.29 is 0 Å². The predicted octanol–water partition coefficient (Wildman–Crippen LogP) is 0.271. The smallest absolute Gasteiger partial charge is 0.263 e. The summed E-state index contributed by atoms with van der Waals surface area (Å²) in [5.74, 6) is 0.497. The fourth-order valence-electron chi connectivity index (χ4n) is 0.980. The van der Waals surface area contributed by atoms with Crippen LogP contribution in [0.3, 0.4) is 0 Å². The van der Waals surface area contributed by atoms with E-state index in [1.165, 1.54) is 0 Å². The van der Waals surface area contributed by atoms with Crippen LogP contribution >= 0.6 is 15.9 Å². The molecular weight excluding hydrogens is 250 g/mol. The fraction of sp³-hybridized carbons (Fsp3) is 0.333. The number of aromatic amines is 1. The zero-order valence-corrected chi connectivity index (χ0v) is 8.77. The van der Waals surface area contributed by atoms with E-state index in [-0.39, 0.29) is 0 Å². The molecule has 0 saturated carbocycles. The number of nitrogens with zero attached hydrogens (tertiary/aromatic N) is 5. The van der Waals surface area contributed by atoms with Gasteiger partial charge in [0, 0.05) is 12.7 Å². The van der Waals surface area contributed by atoms with Crippen molar-refractivity contribution in [1.82, 2.24) is 30.4 Å². The minimum Gasteiger partial charge on any atom is -0.350 e. The van der Waals surface area contributed by atoms with Crippen LogP contribution in [0.2, 0.25) is 0 Å². The lowest BCUT2D eigenvalue weighted by Gasteiger charge is -2.00. The third-order valence-corrected chi connectivity index (χ3v) is 1.98. The topological polar surface area (TPSA) is 84.3 Å². The third kappa shape index (κ3) is 2.28. The maximum absolute atomic E-state index is 4.10. The van der Waals surface area contributed by atoms with Gasteiger partial charge in [0.2, 0.25) is 0 Å². The number of rotatable bonds is 4. The molecule has 0 unspecified atom stereocenters. The first kappa shape index (κ1) is 9.13. The first-order chi connectivity index (χ1) is 6.84. The largest absolute Gasteiger partial charge is 0.350 e. The molecule has 0 fully saturated rings. The number of hydrogen-bond acceptors (Lipinski definition) is 5. The molecule has 0 aromatic carbocycles. The normalized spacial score (nSPS) is 10.4. The van der Waals surface area contributed by atoms with E-state index in [1.54, 1.807) is 6.20 Å². The average molecular weight is 258 g/mol. The Morgan fingerprint density at radius 3 is 3.14 bits per heavy atom. The molecular formula is C6H8BrN7. The van der Waals surface area contributed by atoms with E-state index < -0.39 is 0 Å². The number of anilines is 1. The Hall–Kier alpha value is -1.44. The predicted molar refractivity (Wildman–Crippen MR) is 52.6 cm³/mol. The molecule has 0 saturated heterocycles. The lowest BCUT2D eigenvalue weighted by atomic mass is 10.6. The first-order valence-corrected chi connectivity index (χ1v) is 4.79. The highest BCUT2D eigenvalue weighted by Crippen LogP contribution is 2.05. The summed E-state index contributed by atoms with van der Waals surface area (Å²) in [6.45, 7) is 1.45. The minimum absolute atomic E-state index is 0.497. The van der Waals surface area contributed by atoms with Crippen molar-refractivity contribution >= 4 is 21.9 Å². The van der Waals surface area contributed by atoms with Crippen molar-refractivity contribution in [1.29, 1.82) is 0 Å². The van der Waals surface area contributed by atoms with Gasteiger partial charge in [0.05, 0.1) is 17.2 Å². The lowest BCUT2D eigenvalue weighted by molar-refractivity contribution is 0.636. The van der Waals surface area contributed by atoms with E-state index in [9.17, 15) is 0 Å². The summed E-state index contributed by atoms with van der Waals surface area (Å²) in [7, 11) is 0. The molecule has 0 aliphatic heterocycles. The standard InChI is InChI=1S/C6H8BrN7/c7-5-3-9-14(4-5)2-1-8-6-10-12-13-11-6/h3-4H,1-2H2,(H2,8,10,11,12,13). The van der Waals surface area contributed by atoms with Crippen molar-refractivity contribution in [3.63, 3.8) is 0 Å². The van der Waals surface area contributed by atoms with Crippen molar-refractivity contribution in [2.45, 2.75) is 6.54 Å². The third-order valence-electron chi connectivity index (χ3n) is 1.57. The fourth-order valence-corrected chi connectivity index (χ4v) is 1.31. The van der Waals surface area contributed by atoms with Gasteiger partial charge in [-0.1, -0.05) is 5.10 Å². The van der Waals surface area contributed by atoms with Crippen LogP contribution in [0.5, 0.6) is 0 Å². The summed E-state index contributed by atoms with van der Waals surface area (Å²) in [5.41, 5.74) is 0. The molecule has 8 heteroatoms. The Labute approximate surface area is 88.0 Å². The number of tetrazole rings is 1. The van der Waals surface area contributed by atoms with Gasteiger partial charge in [-0.2, -0.15) is 10.3 Å². The second-order valence-electron chi connectivity index (χ2n) is 2.58. The Morgan fingerprint density at radius 1 is 1.57 bits per heavy atom. The van der Waals surface area contributed by atoms with Gasteiger partial charge in [0.1, 0.15) is 0 Å². The van der Waals surface area contributed by atoms with Crippen LogP contribution in [0.4, 0.5) is 5.95 Å². The maximum atomic E-state index is 4.10. The monoisotopic (exact) mass is 257 g/mol. The summed E-state index contributed by atoms with van der Waals surface area (Å²) in [4.78, 5) is 0. The van der Waals surface area contributed by atoms with Crippen LogP contribution in [0.15, 0.2) is 16.9 Å². The zero-order chi connectivity index (χ0) is 9.80. The van der Waals surface area contributed by atoms with Crippen LogP contribution in [0.1, 0.15) is 0 Å². The number of halogens is 1. The molecule has 2 rings (SSSR count). The molecule has 0 aliphatic rings. The molecule has 2 heterocycles. The quantitative estimate of drug-likeness (QED) is 0.822. The summed E-state index contributed by atoms with van der Waals surface area (Å²) in [6, 6.07) is 0. The van der Waals surface area contributed by atoms with Crippen molar-refractivity contribution in [3.05, 3.63) is 16.9 Å². The molecule has 0 bridgehead atoms. The van der Waals surface area contributed by atoms with Crippen LogP contribution < -0.4 is 5.32 Å². The van der Waals surface area contributed by atoms with Crippen molar-refractivity contribution in [2.75, 3.05) is 11.9 Å². The maximum Gasteiger partial charge on any atom is 0.263 e. The lowest BCUT2D eigenvalue weighted by Crippen LogP contribution is -2.11. The van der Waals surface area contributed by atoms with E-state index in [0.717, 1.165) is 11.0 Å². The highest BCUT2D eigenvalue weighted by atomic mass is 79.9. The van der Waals surface area contributed by atoms with Gasteiger partial charge in [0.15, 0.2) is 0 Å². The Kier molecular flexibility index (Phi) is 2.73. The van der Waals surface area contributed by atoms with Gasteiger partial charge in [-0.15, -0.1) is 5.10 Å². The highest BCUT2D eigenvalue weighted by molar-refractivity contribution is 9.10. The molecule has 0 aliphatic carbocycles. The van der Waals surface area contributed by atoms with Crippen LogP contribution in [-0.4, -0.2) is 36.9 Å². The van der Waals surface area contributed by atoms with E-state index in [2.05, 4.69) is 47.0 Å². The van der Waals surface area contributed by atoms with Gasteiger partial charge < -0.3 is 5.32 Å². The molecule has 0 radical (unpaired) electrons. The molecule has 2 aromatic rings. The van der Waals surface area contributed by atoms with Crippen molar-refractivity contribution in [3.8, 4) is 0 Å². The van der Waals surface area contributed by atoms with Crippen molar-refractivity contribution in [2.24, 2.45) is 0 Å². The SMILES string of the molecule is Brc1cnn(CCNc2nn[nH]n2)c1. The molecule has 0 spiro atoms. The molecule has 7 nitrogen and oxygen atoms in total. The number of nitrogens with one attached hydrogen (secondary N) is 2. The van der Waals surface area contributed by atoms with Gasteiger partial charge in [-0.3, -0.25) is 4.68 Å². The number of H-pyrrole nitrogens is 1. The number of hydrogen-bond donors (Lipinski definition) is 2. The van der Waals surface area contributed by atoms with Gasteiger partial charge in [-0.05, 0) is 21.1 Å². The van der Waals surface area contributed by atoms with E-state index in [0.29, 0.717) is 12.5 Å². The molecule has 0 atom stereocenters. The van der Waals surface area contributed by atoms with E-state index in [4.69, 9.17) is 0 Å². The summed E-state index contributed by atoms with van der Waals surface area (Å²) >= 11 is 3.32. The summed E-state index contributed by atoms with van der Waals surface area (Å²) < 4.78 is 2.79. The van der Waals surface area contributed by atoms with Gasteiger partial charge >= 0.3 is 0 Å². The Morgan fingerprint density at radius 2 is 2.50 bits per heavy atom. The average Bonchev–Trinajstić information content (AvgIpc) is 2.77. The number of aromatic nitrogens is 6. The molecule has 2 N–H and O–H groups in total. The van der Waals surface area contributed by atoms with Crippen LogP contribution in [0, 0.1) is 0 Å².